The molecule has 0 atom stereocenters. The number of carbonyl (C=O) groups excluding carboxylic acids is 1. The van der Waals surface area contributed by atoms with Gasteiger partial charge in [-0.2, -0.15) is 5.10 Å². The van der Waals surface area contributed by atoms with Crippen LogP contribution in [-0.2, 0) is 11.3 Å². The molecule has 0 bridgehead atoms. The van der Waals surface area contributed by atoms with E-state index in [1.807, 2.05) is 65.7 Å². The van der Waals surface area contributed by atoms with Gasteiger partial charge in [0, 0.05) is 14.1 Å². The molecule has 0 radical (unpaired) electrons. The van der Waals surface area contributed by atoms with Crippen LogP contribution in [0.25, 0.3) is 0 Å². The molecule has 7 heteroatoms. The third-order valence-corrected chi connectivity index (χ3v) is 5.26. The summed E-state index contributed by atoms with van der Waals surface area (Å²) in [6.07, 6.45) is 1.78. The number of anilines is 1. The predicted molar refractivity (Wildman–Crippen MR) is 132 cm³/mol. The van der Waals surface area contributed by atoms with E-state index < -0.39 is 0 Å². The van der Waals surface area contributed by atoms with Crippen LogP contribution in [-0.4, -0.2) is 44.8 Å². The van der Waals surface area contributed by atoms with Crippen molar-refractivity contribution in [3.8, 4) is 11.5 Å². The lowest BCUT2D eigenvalue weighted by Gasteiger charge is -2.19. The van der Waals surface area contributed by atoms with Crippen LogP contribution in [0.2, 0.25) is 0 Å². The number of likely N-dealkylation sites (N-methyl/N-ethyl adjacent to an activating group) is 1. The number of methoxy groups -OCH3 is 1. The summed E-state index contributed by atoms with van der Waals surface area (Å²) in [5.74, 6) is 0.856. The summed E-state index contributed by atoms with van der Waals surface area (Å²) in [4.78, 5) is 13.4. The van der Waals surface area contributed by atoms with E-state index in [1.54, 1.807) is 27.4 Å². The number of hydrogen-bond acceptors (Lipinski definition) is 5. The maximum absolute atomic E-state index is 11.9. The third-order valence-electron chi connectivity index (χ3n) is 4.67. The number of carbonyl (C=O) groups is 1. The topological polar surface area (TPSA) is 54.4 Å². The maximum Gasteiger partial charge on any atom is 0.259 e. The number of amides is 1. The first-order chi connectivity index (χ1) is 15.5. The average Bonchev–Trinajstić information content (AvgIpc) is 2.81. The van der Waals surface area contributed by atoms with Crippen molar-refractivity contribution in [1.82, 2.24) is 4.90 Å². The minimum absolute atomic E-state index is 0.0751. The maximum atomic E-state index is 11.9. The van der Waals surface area contributed by atoms with Gasteiger partial charge in [0.25, 0.3) is 5.91 Å². The van der Waals surface area contributed by atoms with Gasteiger partial charge < -0.3 is 14.4 Å². The summed E-state index contributed by atoms with van der Waals surface area (Å²) in [6, 6.07) is 23.9. The fourth-order valence-corrected chi connectivity index (χ4v) is 3.48. The van der Waals surface area contributed by atoms with Crippen LogP contribution in [0.5, 0.6) is 11.5 Å². The highest BCUT2D eigenvalue weighted by atomic mass is 79.9. The first-order valence-electron chi connectivity index (χ1n) is 10.1. The zero-order valence-corrected chi connectivity index (χ0v) is 20.0. The van der Waals surface area contributed by atoms with Crippen LogP contribution in [0.1, 0.15) is 11.1 Å². The summed E-state index contributed by atoms with van der Waals surface area (Å²) in [5.41, 5.74) is 2.97. The fourth-order valence-electron chi connectivity index (χ4n) is 2.91. The molecular formula is C25H26BrN3O3. The van der Waals surface area contributed by atoms with Crippen molar-refractivity contribution < 1.29 is 14.3 Å². The molecule has 6 nitrogen and oxygen atoms in total. The largest absolute Gasteiger partial charge is 0.493 e. The zero-order valence-electron chi connectivity index (χ0n) is 18.4. The van der Waals surface area contributed by atoms with Gasteiger partial charge in [0.2, 0.25) is 0 Å². The molecule has 0 aliphatic rings. The lowest BCUT2D eigenvalue weighted by molar-refractivity contribution is -0.130. The molecule has 0 aliphatic carbocycles. The highest BCUT2D eigenvalue weighted by Gasteiger charge is 2.14. The van der Waals surface area contributed by atoms with Crippen LogP contribution in [0, 0.1) is 0 Å². The molecule has 3 rings (SSSR count). The van der Waals surface area contributed by atoms with E-state index in [4.69, 9.17) is 14.6 Å². The molecule has 1 amide bonds. The normalized spacial score (nSPS) is 10.8. The van der Waals surface area contributed by atoms with Crippen molar-refractivity contribution in [2.24, 2.45) is 5.10 Å². The molecule has 0 aromatic heterocycles. The Morgan fingerprint density at radius 2 is 1.69 bits per heavy atom. The van der Waals surface area contributed by atoms with Crippen molar-refractivity contribution in [3.05, 3.63) is 88.4 Å². The molecular weight excluding hydrogens is 470 g/mol. The van der Waals surface area contributed by atoms with E-state index in [0.29, 0.717) is 22.5 Å². The average molecular weight is 496 g/mol. The summed E-state index contributed by atoms with van der Waals surface area (Å²) in [5, 5.41) is 6.67. The highest BCUT2D eigenvalue weighted by Crippen LogP contribution is 2.36. The minimum atomic E-state index is -0.135. The summed E-state index contributed by atoms with van der Waals surface area (Å²) < 4.78 is 11.9. The van der Waals surface area contributed by atoms with E-state index in [0.717, 1.165) is 16.8 Å². The van der Waals surface area contributed by atoms with Crippen molar-refractivity contribution in [3.63, 3.8) is 0 Å². The second-order valence-corrected chi connectivity index (χ2v) is 8.09. The summed E-state index contributed by atoms with van der Waals surface area (Å²) >= 11 is 3.53. The first-order valence-corrected chi connectivity index (χ1v) is 10.9. The van der Waals surface area contributed by atoms with Gasteiger partial charge in [0.15, 0.2) is 18.1 Å². The SMILES string of the molecule is COc1cc(C=NN(Cc2ccccc2)c2ccccc2)cc(Br)c1OCC(=O)N(C)C. The number of hydrazone groups is 1. The Kier molecular flexibility index (Phi) is 8.27. The number of rotatable bonds is 9. The van der Waals surface area contributed by atoms with Crippen LogP contribution in [0.3, 0.4) is 0 Å². The summed E-state index contributed by atoms with van der Waals surface area (Å²) in [7, 11) is 4.94. The number of hydrogen-bond donors (Lipinski definition) is 0. The fraction of sp³-hybridized carbons (Fsp3) is 0.200. The molecule has 0 saturated carbocycles. The molecule has 0 heterocycles. The molecule has 32 heavy (non-hydrogen) atoms. The van der Waals surface area contributed by atoms with Gasteiger partial charge in [-0.05, 0) is 51.3 Å². The van der Waals surface area contributed by atoms with Gasteiger partial charge in [0.1, 0.15) is 0 Å². The third kappa shape index (κ3) is 6.34. The van der Waals surface area contributed by atoms with Crippen LogP contribution >= 0.6 is 15.9 Å². The molecule has 0 aliphatic heterocycles. The second kappa shape index (κ2) is 11.3. The van der Waals surface area contributed by atoms with Crippen LogP contribution in [0.15, 0.2) is 82.4 Å². The Morgan fingerprint density at radius 1 is 1.03 bits per heavy atom. The van der Waals surface area contributed by atoms with Gasteiger partial charge in [-0.1, -0.05) is 48.5 Å². The molecule has 0 N–H and O–H groups in total. The molecule has 0 unspecified atom stereocenters. The number of nitrogens with zero attached hydrogens (tertiary/aromatic N) is 3. The Hall–Kier alpha value is -3.32. The molecule has 0 fully saturated rings. The van der Waals surface area contributed by atoms with E-state index >= 15 is 0 Å². The monoisotopic (exact) mass is 495 g/mol. The predicted octanol–water partition coefficient (Wildman–Crippen LogP) is 4.97. The Bertz CT molecular complexity index is 1060. The van der Waals surface area contributed by atoms with E-state index in [2.05, 4.69) is 28.1 Å². The van der Waals surface area contributed by atoms with Gasteiger partial charge in [0.05, 0.1) is 30.0 Å². The second-order valence-electron chi connectivity index (χ2n) is 7.23. The van der Waals surface area contributed by atoms with Crippen molar-refractivity contribution in [1.29, 1.82) is 0 Å². The standard InChI is InChI=1S/C25H26BrN3O3/c1-28(2)24(30)18-32-25-22(26)14-20(15-23(25)31-3)16-27-29(21-12-8-5-9-13-21)17-19-10-6-4-7-11-19/h4-16H,17-18H2,1-3H3. The Balaban J connectivity index is 1.84. The first kappa shape index (κ1) is 23.3. The number of benzene rings is 3. The van der Waals surface area contributed by atoms with E-state index in [-0.39, 0.29) is 12.5 Å². The molecule has 0 spiro atoms. The van der Waals surface area contributed by atoms with Crippen molar-refractivity contribution >= 4 is 33.7 Å². The number of para-hydroxylation sites is 1. The zero-order chi connectivity index (χ0) is 22.9. The highest BCUT2D eigenvalue weighted by molar-refractivity contribution is 9.10. The van der Waals surface area contributed by atoms with E-state index in [9.17, 15) is 4.79 Å². The molecule has 166 valence electrons. The van der Waals surface area contributed by atoms with E-state index in [1.165, 1.54) is 4.90 Å². The Morgan fingerprint density at radius 3 is 2.31 bits per heavy atom. The number of ether oxygens (including phenoxy) is 2. The molecule has 0 saturated heterocycles. The molecule has 3 aromatic rings. The molecule has 3 aromatic carbocycles. The van der Waals surface area contributed by atoms with Crippen LogP contribution < -0.4 is 14.5 Å². The quantitative estimate of drug-likeness (QED) is 0.310. The van der Waals surface area contributed by atoms with Crippen LogP contribution in [0.4, 0.5) is 5.69 Å². The van der Waals surface area contributed by atoms with Crippen molar-refractivity contribution in [2.45, 2.75) is 6.54 Å². The van der Waals surface area contributed by atoms with Gasteiger partial charge in [-0.25, -0.2) is 0 Å². The van der Waals surface area contributed by atoms with Gasteiger partial charge in [-0.3, -0.25) is 9.80 Å². The van der Waals surface area contributed by atoms with Crippen molar-refractivity contribution in [2.75, 3.05) is 32.8 Å². The minimum Gasteiger partial charge on any atom is -0.493 e. The lowest BCUT2D eigenvalue weighted by atomic mass is 10.2. The lowest BCUT2D eigenvalue weighted by Crippen LogP contribution is -2.27. The summed E-state index contributed by atoms with van der Waals surface area (Å²) in [6.45, 7) is 0.557. The van der Waals surface area contributed by atoms with Gasteiger partial charge >= 0.3 is 0 Å². The smallest absolute Gasteiger partial charge is 0.259 e. The number of halogens is 1. The van der Waals surface area contributed by atoms with Gasteiger partial charge in [-0.15, -0.1) is 0 Å². The Labute approximate surface area is 197 Å².